The third kappa shape index (κ3) is 9.10. The number of carbonyl (C=O) groups excluding carboxylic acids is 2. The third-order valence-corrected chi connectivity index (χ3v) is 16.1. The molecule has 374 valence electrons. The Morgan fingerprint density at radius 1 is 0.466 bits per heavy atom. The van der Waals surface area contributed by atoms with Crippen LogP contribution in [0.3, 0.4) is 0 Å². The molecule has 0 saturated heterocycles. The largest absolute Gasteiger partial charge is 0.478 e. The molecule has 0 atom stereocenters. The molecule has 10 rings (SSSR count). The molecule has 0 amide bonds. The smallest absolute Gasteiger partial charge is 0.335 e. The zero-order valence-corrected chi connectivity index (χ0v) is 44.2. The number of hydrogen-bond acceptors (Lipinski definition) is 8. The average molecular weight is 975 g/mol. The van der Waals surface area contributed by atoms with Gasteiger partial charge in [0.1, 0.15) is 0 Å². The maximum atomic E-state index is 12.2. The van der Waals surface area contributed by atoms with Crippen LogP contribution < -0.4 is 9.80 Å². The lowest BCUT2D eigenvalue weighted by Crippen LogP contribution is -2.34. The fraction of sp³-hybridized carbons (Fsp3) is 0.333. The molecule has 6 aromatic rings. The van der Waals surface area contributed by atoms with Crippen molar-refractivity contribution in [3.05, 3.63) is 176 Å². The van der Waals surface area contributed by atoms with E-state index >= 15 is 0 Å². The summed E-state index contributed by atoms with van der Waals surface area (Å²) in [5, 5.41) is 18.8. The minimum absolute atomic E-state index is 0.00543. The van der Waals surface area contributed by atoms with E-state index in [0.717, 1.165) is 100 Å². The van der Waals surface area contributed by atoms with Crippen LogP contribution in [0.4, 0.5) is 34.1 Å². The molecule has 10 heteroatoms. The third-order valence-electron chi connectivity index (χ3n) is 16.1. The monoisotopic (exact) mass is 974 g/mol. The normalized spacial score (nSPS) is 17.2. The molecular weight excluding hydrogens is 909 g/mol. The van der Waals surface area contributed by atoms with Crippen molar-refractivity contribution < 1.29 is 29.4 Å². The molecule has 6 aromatic carbocycles. The summed E-state index contributed by atoms with van der Waals surface area (Å²) in [6.07, 6.45) is 4.44. The number of aliphatic imine (C=N–C) groups is 2. The van der Waals surface area contributed by atoms with Crippen molar-refractivity contribution >= 4 is 69.1 Å². The van der Waals surface area contributed by atoms with E-state index < -0.39 is 11.9 Å². The van der Waals surface area contributed by atoms with Crippen molar-refractivity contribution in [1.82, 2.24) is 0 Å². The minimum Gasteiger partial charge on any atom is -0.478 e. The van der Waals surface area contributed by atoms with Gasteiger partial charge in [-0.1, -0.05) is 79.7 Å². The highest BCUT2D eigenvalue weighted by atomic mass is 16.4. The van der Waals surface area contributed by atoms with E-state index in [1.54, 1.807) is 38.1 Å². The highest BCUT2D eigenvalue weighted by Gasteiger charge is 2.41. The highest BCUT2D eigenvalue weighted by Crippen LogP contribution is 2.52. The first-order valence-corrected chi connectivity index (χ1v) is 25.4. The van der Waals surface area contributed by atoms with E-state index in [0.29, 0.717) is 11.1 Å². The summed E-state index contributed by atoms with van der Waals surface area (Å²) in [5.41, 5.74) is 18.0. The van der Waals surface area contributed by atoms with E-state index in [-0.39, 0.29) is 44.4 Å². The van der Waals surface area contributed by atoms with Gasteiger partial charge in [-0.2, -0.15) is 0 Å². The van der Waals surface area contributed by atoms with Gasteiger partial charge < -0.3 is 20.0 Å². The van der Waals surface area contributed by atoms with Crippen molar-refractivity contribution in [3.63, 3.8) is 0 Å². The molecule has 0 radical (unpaired) electrons. The number of anilines is 4. The van der Waals surface area contributed by atoms with Gasteiger partial charge in [0.05, 0.1) is 56.7 Å². The van der Waals surface area contributed by atoms with E-state index in [1.165, 1.54) is 22.3 Å². The first-order valence-electron chi connectivity index (χ1n) is 25.4. The fourth-order valence-corrected chi connectivity index (χ4v) is 11.2. The average Bonchev–Trinajstić information content (AvgIpc) is 3.56. The number of carboxylic acids is 2. The summed E-state index contributed by atoms with van der Waals surface area (Å²) in [5.74, 6) is -1.93. The maximum Gasteiger partial charge on any atom is 0.335 e. The van der Waals surface area contributed by atoms with Gasteiger partial charge in [-0.25, -0.2) is 19.6 Å². The molecule has 2 heterocycles. The highest BCUT2D eigenvalue weighted by molar-refractivity contribution is 6.20. The number of Topliss-reactive ketones (excluding diaryl/α,β-unsaturated/α-hetero) is 2. The lowest BCUT2D eigenvalue weighted by atomic mass is 9.62. The Kier molecular flexibility index (Phi) is 12.6. The second-order valence-corrected chi connectivity index (χ2v) is 22.9. The molecular formula is C63H66N4O6. The van der Waals surface area contributed by atoms with Gasteiger partial charge in [-0.3, -0.25) is 9.59 Å². The van der Waals surface area contributed by atoms with Gasteiger partial charge >= 0.3 is 11.9 Å². The quantitative estimate of drug-likeness (QED) is 0.151. The van der Waals surface area contributed by atoms with Crippen LogP contribution >= 0.6 is 0 Å². The number of hydrogen-bond donors (Lipinski definition) is 2. The van der Waals surface area contributed by atoms with Gasteiger partial charge in [-0.05, 0) is 175 Å². The number of rotatable bonds is 7. The predicted molar refractivity (Wildman–Crippen MR) is 294 cm³/mol. The summed E-state index contributed by atoms with van der Waals surface area (Å²) in [6, 6.07) is 34.5. The number of carbonyl (C=O) groups is 4. The summed E-state index contributed by atoms with van der Waals surface area (Å²) in [7, 11) is 2.05. The number of nitrogens with zero attached hydrogens (tertiary/aromatic N) is 4. The van der Waals surface area contributed by atoms with E-state index in [1.807, 2.05) is 67.7 Å². The molecule has 10 nitrogen and oxygen atoms in total. The Hall–Kier alpha value is -7.46. The summed E-state index contributed by atoms with van der Waals surface area (Å²) >= 11 is 0. The summed E-state index contributed by atoms with van der Waals surface area (Å²) < 4.78 is 0. The Morgan fingerprint density at radius 2 is 0.808 bits per heavy atom. The molecule has 2 aliphatic carbocycles. The van der Waals surface area contributed by atoms with Crippen molar-refractivity contribution in [3.8, 4) is 0 Å². The fourth-order valence-electron chi connectivity index (χ4n) is 11.2. The van der Waals surface area contributed by atoms with Crippen LogP contribution in [0.25, 0.3) is 0 Å². The number of ketones is 2. The Labute approximate surface area is 429 Å². The molecule has 0 spiro atoms. The molecule has 4 aliphatic rings. The Morgan fingerprint density at radius 3 is 1.19 bits per heavy atom. The van der Waals surface area contributed by atoms with Crippen LogP contribution in [0.1, 0.15) is 188 Å². The second-order valence-electron chi connectivity index (χ2n) is 22.9. The Balaban J connectivity index is 0.000000180. The van der Waals surface area contributed by atoms with E-state index in [2.05, 4.69) is 96.4 Å². The number of carboxylic acid groups (broad SMARTS) is 2. The summed E-state index contributed by atoms with van der Waals surface area (Å²) in [4.78, 5) is 62.1. The first kappa shape index (κ1) is 50.5. The molecule has 2 aliphatic heterocycles. The zero-order valence-electron chi connectivity index (χ0n) is 44.2. The van der Waals surface area contributed by atoms with Crippen molar-refractivity contribution in [2.24, 2.45) is 9.98 Å². The molecule has 0 unspecified atom stereocenters. The SMILES string of the molecule is CC(=O)c1ccc2c(c1)N=C(c1ccc(C(=O)O)cc1)c1cc3c(cc1N2C)C(C)(C)CCC3(C)C.CCN1c2ccc(C(C)=O)cc2N=C(c2ccc(C(=O)O)cc2)c2cc3c(cc21)C(C)(C)CCC3(C)C. The topological polar surface area (TPSA) is 140 Å². The molecule has 0 fully saturated rings. The van der Waals surface area contributed by atoms with Crippen LogP contribution in [0.2, 0.25) is 0 Å². The van der Waals surface area contributed by atoms with Gasteiger partial charge in [0.25, 0.3) is 0 Å². The Bertz CT molecular complexity index is 3350. The van der Waals surface area contributed by atoms with Crippen LogP contribution in [0, 0.1) is 0 Å². The zero-order chi connectivity index (χ0) is 52.7. The minimum atomic E-state index is -0.959. The predicted octanol–water partition coefficient (Wildman–Crippen LogP) is 14.8. The molecule has 73 heavy (non-hydrogen) atoms. The van der Waals surface area contributed by atoms with Crippen LogP contribution in [0.15, 0.2) is 119 Å². The maximum absolute atomic E-state index is 12.2. The standard InChI is InChI=1S/C32H34N2O3.C31H32N2O3/c1-7-34-27-13-12-22(19(2)35)16-26(27)33-29(20-8-10-21(11-9-20)30(36)37)23-17-24-25(18-28(23)34)32(5,6)15-14-31(24,3)4;1-18(34)21-11-12-26-25(15-21)32-28(19-7-9-20(10-8-19)29(35)36)22-16-23-24(17-27(22)33(26)6)31(4,5)14-13-30(23,2)3/h8-13,16-18H,7,14-15H2,1-6H3,(H,36,37);7-12,15-17H,13-14H2,1-6H3,(H,35,36). The van der Waals surface area contributed by atoms with Crippen LogP contribution in [0.5, 0.6) is 0 Å². The summed E-state index contributed by atoms with van der Waals surface area (Å²) in [6.45, 7) is 24.5. The van der Waals surface area contributed by atoms with Crippen molar-refractivity contribution in [1.29, 1.82) is 0 Å². The first-order chi connectivity index (χ1) is 34.3. The van der Waals surface area contributed by atoms with Gasteiger partial charge in [-0.15, -0.1) is 0 Å². The van der Waals surface area contributed by atoms with Gasteiger partial charge in [0.15, 0.2) is 11.6 Å². The van der Waals surface area contributed by atoms with Crippen LogP contribution in [-0.2, 0) is 21.7 Å². The van der Waals surface area contributed by atoms with Gasteiger partial charge in [0.2, 0.25) is 0 Å². The number of fused-ring (bicyclic) bond motifs is 6. The van der Waals surface area contributed by atoms with E-state index in [9.17, 15) is 29.4 Å². The van der Waals surface area contributed by atoms with Crippen molar-refractivity contribution in [2.45, 2.75) is 124 Å². The second kappa shape index (κ2) is 18.2. The molecule has 0 saturated carbocycles. The molecule has 0 bridgehead atoms. The number of benzene rings is 6. The molecule has 0 aromatic heterocycles. The van der Waals surface area contributed by atoms with E-state index in [4.69, 9.17) is 9.98 Å². The van der Waals surface area contributed by atoms with Crippen molar-refractivity contribution in [2.75, 3.05) is 23.4 Å². The van der Waals surface area contributed by atoms with Gasteiger partial charge in [0, 0.05) is 47.0 Å². The molecule has 2 N–H and O–H groups in total. The lowest BCUT2D eigenvalue weighted by molar-refractivity contribution is 0.0686. The number of aromatic carboxylic acids is 2. The van der Waals surface area contributed by atoms with Crippen LogP contribution in [-0.4, -0.2) is 58.7 Å². The lowest BCUT2D eigenvalue weighted by Gasteiger charge is -2.43.